The van der Waals surface area contributed by atoms with Crippen molar-refractivity contribution in [3.63, 3.8) is 0 Å². The minimum atomic E-state index is -0.285. The molecule has 2 rings (SSSR count). The lowest BCUT2D eigenvalue weighted by Crippen LogP contribution is -2.09. The Morgan fingerprint density at radius 2 is 2.32 bits per heavy atom. The van der Waals surface area contributed by atoms with Crippen LogP contribution in [0.25, 0.3) is 11.4 Å². The van der Waals surface area contributed by atoms with Crippen LogP contribution >= 0.6 is 11.8 Å². The normalized spacial score (nSPS) is 10.6. The van der Waals surface area contributed by atoms with Crippen molar-refractivity contribution in [1.82, 2.24) is 19.7 Å². The second-order valence-corrected chi connectivity index (χ2v) is 5.31. The van der Waals surface area contributed by atoms with Crippen molar-refractivity contribution >= 4 is 17.7 Å². The number of nitrogens with zero attached hydrogens (tertiary/aromatic N) is 4. The molecule has 0 aliphatic carbocycles. The molecule has 0 unspecified atom stereocenters. The molecule has 118 valence electrons. The number of carbonyl (C=O) groups is 1. The fourth-order valence-corrected chi connectivity index (χ4v) is 2.62. The Kier molecular flexibility index (Phi) is 6.35. The molecule has 0 spiro atoms. The quantitative estimate of drug-likeness (QED) is 0.580. The van der Waals surface area contributed by atoms with E-state index in [0.717, 1.165) is 5.56 Å². The van der Waals surface area contributed by atoms with Gasteiger partial charge in [0.15, 0.2) is 11.0 Å². The molecule has 1 N–H and O–H groups in total. The van der Waals surface area contributed by atoms with Gasteiger partial charge in [-0.25, -0.2) is 0 Å². The average Bonchev–Trinajstić information content (AvgIpc) is 2.95. The molecule has 0 aliphatic rings. The number of hydrogen-bond donors (Lipinski definition) is 1. The Labute approximate surface area is 132 Å². The fourth-order valence-electron chi connectivity index (χ4n) is 1.86. The summed E-state index contributed by atoms with van der Waals surface area (Å²) in [4.78, 5) is 15.5. The van der Waals surface area contributed by atoms with Gasteiger partial charge in [0.25, 0.3) is 0 Å². The highest BCUT2D eigenvalue weighted by Gasteiger charge is 2.15. The number of esters is 1. The van der Waals surface area contributed by atoms with Gasteiger partial charge in [-0.1, -0.05) is 11.8 Å². The third-order valence-corrected chi connectivity index (χ3v) is 3.74. The minimum Gasteiger partial charge on any atom is -0.465 e. The van der Waals surface area contributed by atoms with E-state index in [1.807, 2.05) is 16.7 Å². The van der Waals surface area contributed by atoms with Crippen molar-refractivity contribution in [2.24, 2.45) is 0 Å². The number of aliphatic hydroxyl groups excluding tert-OH is 1. The Bertz CT molecular complexity index is 603. The highest BCUT2D eigenvalue weighted by molar-refractivity contribution is 7.99. The van der Waals surface area contributed by atoms with Crippen LogP contribution in [-0.2, 0) is 16.1 Å². The zero-order valence-electron chi connectivity index (χ0n) is 12.3. The van der Waals surface area contributed by atoms with Crippen LogP contribution in [0.3, 0.4) is 0 Å². The molecule has 8 heteroatoms. The first-order valence-corrected chi connectivity index (χ1v) is 7.97. The number of thioether (sulfide) groups is 1. The van der Waals surface area contributed by atoms with Crippen molar-refractivity contribution in [2.75, 3.05) is 19.0 Å². The van der Waals surface area contributed by atoms with E-state index in [1.165, 1.54) is 11.8 Å². The molecule has 0 bridgehead atoms. The van der Waals surface area contributed by atoms with Crippen molar-refractivity contribution in [1.29, 1.82) is 0 Å². The predicted molar refractivity (Wildman–Crippen MR) is 82.3 cm³/mol. The Morgan fingerprint density at radius 3 is 3.00 bits per heavy atom. The number of hydrogen-bond acceptors (Lipinski definition) is 7. The van der Waals surface area contributed by atoms with Crippen LogP contribution in [-0.4, -0.2) is 49.8 Å². The molecular weight excluding hydrogens is 304 g/mol. The number of pyridine rings is 1. The summed E-state index contributed by atoms with van der Waals surface area (Å²) in [5.41, 5.74) is 0.843. The topological polar surface area (TPSA) is 90.1 Å². The first-order valence-electron chi connectivity index (χ1n) is 6.99. The van der Waals surface area contributed by atoms with Crippen molar-refractivity contribution in [2.45, 2.75) is 25.0 Å². The fraction of sp³-hybridized carbons (Fsp3) is 0.429. The van der Waals surface area contributed by atoms with Gasteiger partial charge in [0.05, 0.1) is 12.4 Å². The van der Waals surface area contributed by atoms with Gasteiger partial charge < -0.3 is 14.4 Å². The summed E-state index contributed by atoms with van der Waals surface area (Å²) in [6.45, 7) is 2.77. The largest absolute Gasteiger partial charge is 0.465 e. The van der Waals surface area contributed by atoms with E-state index in [-0.39, 0.29) is 18.3 Å². The Balaban J connectivity index is 2.19. The summed E-state index contributed by atoms with van der Waals surface area (Å²) < 4.78 is 6.79. The van der Waals surface area contributed by atoms with E-state index in [0.29, 0.717) is 30.6 Å². The molecule has 0 fully saturated rings. The zero-order chi connectivity index (χ0) is 15.8. The molecule has 22 heavy (non-hydrogen) atoms. The van der Waals surface area contributed by atoms with Crippen LogP contribution < -0.4 is 0 Å². The van der Waals surface area contributed by atoms with Crippen molar-refractivity contribution in [3.05, 3.63) is 24.5 Å². The summed E-state index contributed by atoms with van der Waals surface area (Å²) in [6, 6.07) is 3.72. The summed E-state index contributed by atoms with van der Waals surface area (Å²) in [7, 11) is 0. The molecule has 2 heterocycles. The van der Waals surface area contributed by atoms with Crippen LogP contribution in [0, 0.1) is 0 Å². The van der Waals surface area contributed by atoms with Crippen molar-refractivity contribution < 1.29 is 14.6 Å². The van der Waals surface area contributed by atoms with Gasteiger partial charge in [0.2, 0.25) is 0 Å². The molecule has 0 aliphatic heterocycles. The maximum absolute atomic E-state index is 11.5. The first-order chi connectivity index (χ1) is 10.8. The SMILES string of the molecule is CCOC(=O)CSc1nnc(-c2cccnc2)n1CCCO. The van der Waals surface area contributed by atoms with E-state index in [4.69, 9.17) is 9.84 Å². The molecule has 0 radical (unpaired) electrons. The van der Waals surface area contributed by atoms with Crippen LogP contribution in [0.4, 0.5) is 0 Å². The van der Waals surface area contributed by atoms with E-state index in [9.17, 15) is 4.79 Å². The molecule has 7 nitrogen and oxygen atoms in total. The molecule has 0 saturated heterocycles. The van der Waals surface area contributed by atoms with Gasteiger partial charge in [-0.3, -0.25) is 9.78 Å². The molecule has 0 amide bonds. The van der Waals surface area contributed by atoms with Crippen LogP contribution in [0.5, 0.6) is 0 Å². The lowest BCUT2D eigenvalue weighted by Gasteiger charge is -2.09. The van der Waals surface area contributed by atoms with E-state index in [1.54, 1.807) is 19.3 Å². The van der Waals surface area contributed by atoms with Crippen LogP contribution in [0.15, 0.2) is 29.7 Å². The highest BCUT2D eigenvalue weighted by Crippen LogP contribution is 2.23. The number of rotatable bonds is 8. The van der Waals surface area contributed by atoms with Gasteiger partial charge in [0, 0.05) is 31.1 Å². The van der Waals surface area contributed by atoms with Gasteiger partial charge in [0.1, 0.15) is 0 Å². The molecule has 0 aromatic carbocycles. The number of aromatic nitrogens is 4. The highest BCUT2D eigenvalue weighted by atomic mass is 32.2. The molecular formula is C14H18N4O3S. The second kappa shape index (κ2) is 8.50. The zero-order valence-corrected chi connectivity index (χ0v) is 13.1. The lowest BCUT2D eigenvalue weighted by atomic mass is 10.2. The Morgan fingerprint density at radius 1 is 1.45 bits per heavy atom. The van der Waals surface area contributed by atoms with Crippen LogP contribution in [0.1, 0.15) is 13.3 Å². The lowest BCUT2D eigenvalue weighted by molar-refractivity contribution is -0.139. The molecule has 2 aromatic rings. The summed E-state index contributed by atoms with van der Waals surface area (Å²) >= 11 is 1.27. The third-order valence-electron chi connectivity index (χ3n) is 2.80. The van der Waals surface area contributed by atoms with Crippen LogP contribution in [0.2, 0.25) is 0 Å². The summed E-state index contributed by atoms with van der Waals surface area (Å²) in [5, 5.41) is 18.0. The van der Waals surface area contributed by atoms with Gasteiger partial charge >= 0.3 is 5.97 Å². The molecule has 0 saturated carbocycles. The maximum atomic E-state index is 11.5. The monoisotopic (exact) mass is 322 g/mol. The smallest absolute Gasteiger partial charge is 0.316 e. The maximum Gasteiger partial charge on any atom is 0.316 e. The van der Waals surface area contributed by atoms with E-state index < -0.39 is 0 Å². The standard InChI is InChI=1S/C14H18N4O3S/c1-2-21-12(20)10-22-14-17-16-13(18(14)7-4-8-19)11-5-3-6-15-9-11/h3,5-6,9,19H,2,4,7-8,10H2,1H3. The number of aliphatic hydroxyl groups is 1. The summed E-state index contributed by atoms with van der Waals surface area (Å²) in [6.07, 6.45) is 3.98. The van der Waals surface area contributed by atoms with E-state index >= 15 is 0 Å². The van der Waals surface area contributed by atoms with Crippen molar-refractivity contribution in [3.8, 4) is 11.4 Å². The second-order valence-electron chi connectivity index (χ2n) is 4.37. The van der Waals surface area contributed by atoms with Gasteiger partial charge in [-0.2, -0.15) is 0 Å². The molecule has 2 aromatic heterocycles. The Hall–Kier alpha value is -1.93. The van der Waals surface area contributed by atoms with E-state index in [2.05, 4.69) is 15.2 Å². The number of ether oxygens (including phenoxy) is 1. The van der Waals surface area contributed by atoms with Gasteiger partial charge in [-0.15, -0.1) is 10.2 Å². The first kappa shape index (κ1) is 16.4. The molecule has 0 atom stereocenters. The summed E-state index contributed by atoms with van der Waals surface area (Å²) in [5.74, 6) is 0.568. The predicted octanol–water partition coefficient (Wildman–Crippen LogP) is 1.38. The van der Waals surface area contributed by atoms with Gasteiger partial charge in [-0.05, 0) is 25.5 Å². The average molecular weight is 322 g/mol. The number of carbonyl (C=O) groups excluding carboxylic acids is 1. The minimum absolute atomic E-state index is 0.0760. The third kappa shape index (κ3) is 4.28.